The van der Waals surface area contributed by atoms with Crippen molar-refractivity contribution in [1.29, 1.82) is 0 Å². The lowest BCUT2D eigenvalue weighted by Crippen LogP contribution is -2.27. The molecular formula is C19H21ClFNOS2. The molecule has 25 heavy (non-hydrogen) atoms. The van der Waals surface area contributed by atoms with Gasteiger partial charge < -0.3 is 5.32 Å². The minimum Gasteiger partial charge on any atom is -0.355 e. The Kier molecular flexibility index (Phi) is 8.65. The lowest BCUT2D eigenvalue weighted by atomic mass is 10.2. The number of nitrogens with one attached hydrogen (secondary N) is 1. The smallest absolute Gasteiger partial charge is 0.230 e. The summed E-state index contributed by atoms with van der Waals surface area (Å²) in [5.41, 5.74) is 3.13. The summed E-state index contributed by atoms with van der Waals surface area (Å²) in [7, 11) is 0. The molecule has 0 aliphatic rings. The number of thioether (sulfide) groups is 2. The van der Waals surface area contributed by atoms with Gasteiger partial charge in [-0.05, 0) is 30.2 Å². The zero-order valence-corrected chi connectivity index (χ0v) is 16.4. The van der Waals surface area contributed by atoms with Crippen LogP contribution in [0.5, 0.6) is 0 Å². The first-order valence-corrected chi connectivity index (χ1v) is 10.6. The largest absolute Gasteiger partial charge is 0.355 e. The molecule has 0 unspecified atom stereocenters. The Bertz CT molecular complexity index is 712. The van der Waals surface area contributed by atoms with E-state index in [1.807, 2.05) is 0 Å². The number of hydrogen-bond donors (Lipinski definition) is 1. The first kappa shape index (κ1) is 20.1. The van der Waals surface area contributed by atoms with Crippen molar-refractivity contribution < 1.29 is 9.18 Å². The van der Waals surface area contributed by atoms with Gasteiger partial charge in [0.1, 0.15) is 5.82 Å². The first-order chi connectivity index (χ1) is 12.0. The molecule has 6 heteroatoms. The van der Waals surface area contributed by atoms with Gasteiger partial charge in [-0.3, -0.25) is 4.79 Å². The molecular weight excluding hydrogens is 377 g/mol. The maximum Gasteiger partial charge on any atom is 0.230 e. The van der Waals surface area contributed by atoms with Crippen LogP contribution >= 0.6 is 35.1 Å². The molecule has 0 saturated heterocycles. The minimum absolute atomic E-state index is 0.0180. The maximum atomic E-state index is 13.6. The summed E-state index contributed by atoms with van der Waals surface area (Å²) >= 11 is 8.91. The van der Waals surface area contributed by atoms with E-state index in [1.165, 1.54) is 29.0 Å². The van der Waals surface area contributed by atoms with E-state index in [0.29, 0.717) is 28.6 Å². The standard InChI is InChI=1S/C19H21ClFNOS2/c1-14-3-2-4-15(9-14)11-24-8-7-22-19(23)13-25-12-16-5-6-17(20)10-18(16)21/h2-6,9-10H,7-8,11-13H2,1H3,(H,22,23). The molecule has 0 aromatic heterocycles. The number of hydrogen-bond acceptors (Lipinski definition) is 3. The predicted molar refractivity (Wildman–Crippen MR) is 108 cm³/mol. The highest BCUT2D eigenvalue weighted by Crippen LogP contribution is 2.19. The van der Waals surface area contributed by atoms with Gasteiger partial charge in [0.25, 0.3) is 0 Å². The highest BCUT2D eigenvalue weighted by atomic mass is 35.5. The van der Waals surface area contributed by atoms with E-state index in [2.05, 4.69) is 36.5 Å². The van der Waals surface area contributed by atoms with Crippen LogP contribution in [0.25, 0.3) is 0 Å². The van der Waals surface area contributed by atoms with Gasteiger partial charge in [-0.1, -0.05) is 47.5 Å². The highest BCUT2D eigenvalue weighted by Gasteiger charge is 2.06. The second kappa shape index (κ2) is 10.7. The third-order valence-corrected chi connectivity index (χ3v) is 5.67. The number of amides is 1. The molecule has 0 heterocycles. The van der Waals surface area contributed by atoms with Gasteiger partial charge >= 0.3 is 0 Å². The summed E-state index contributed by atoms with van der Waals surface area (Å²) in [5, 5.41) is 3.28. The lowest BCUT2D eigenvalue weighted by Gasteiger charge is -2.07. The second-order valence-electron chi connectivity index (χ2n) is 5.62. The third kappa shape index (κ3) is 7.72. The van der Waals surface area contributed by atoms with Crippen LogP contribution in [0.15, 0.2) is 42.5 Å². The number of benzene rings is 2. The molecule has 134 valence electrons. The van der Waals surface area contributed by atoms with Crippen LogP contribution in [-0.2, 0) is 16.3 Å². The fourth-order valence-corrected chi connectivity index (χ4v) is 4.01. The Labute approximate surface area is 161 Å². The molecule has 0 bridgehead atoms. The van der Waals surface area contributed by atoms with Crippen LogP contribution in [0.1, 0.15) is 16.7 Å². The molecule has 2 aromatic rings. The van der Waals surface area contributed by atoms with Crippen molar-refractivity contribution in [2.24, 2.45) is 0 Å². The van der Waals surface area contributed by atoms with Gasteiger partial charge in [-0.2, -0.15) is 11.8 Å². The number of halogens is 2. The van der Waals surface area contributed by atoms with Crippen LogP contribution in [-0.4, -0.2) is 24.0 Å². The molecule has 2 aromatic carbocycles. The second-order valence-corrected chi connectivity index (χ2v) is 8.15. The predicted octanol–water partition coefficient (Wildman–Crippen LogP) is 5.07. The summed E-state index contributed by atoms with van der Waals surface area (Å²) in [6, 6.07) is 13.1. The van der Waals surface area contributed by atoms with Gasteiger partial charge in [0.05, 0.1) is 5.75 Å². The van der Waals surface area contributed by atoms with Crippen LogP contribution in [0, 0.1) is 12.7 Å². The fraction of sp³-hybridized carbons (Fsp3) is 0.316. The molecule has 0 fully saturated rings. The zero-order valence-electron chi connectivity index (χ0n) is 14.1. The first-order valence-electron chi connectivity index (χ1n) is 7.96. The van der Waals surface area contributed by atoms with Gasteiger partial charge in [0.15, 0.2) is 0 Å². The lowest BCUT2D eigenvalue weighted by molar-refractivity contribution is -0.118. The quantitative estimate of drug-likeness (QED) is 0.599. The average Bonchev–Trinajstić information content (AvgIpc) is 2.56. The van der Waals surface area contributed by atoms with E-state index in [4.69, 9.17) is 11.6 Å². The molecule has 0 aliphatic carbocycles. The molecule has 0 aliphatic heterocycles. The van der Waals surface area contributed by atoms with Crippen molar-refractivity contribution in [1.82, 2.24) is 5.32 Å². The van der Waals surface area contributed by atoms with Crippen molar-refractivity contribution in [3.05, 3.63) is 70.0 Å². The van der Waals surface area contributed by atoms with Crippen molar-refractivity contribution in [2.75, 3.05) is 18.1 Å². The van der Waals surface area contributed by atoms with E-state index < -0.39 is 0 Å². The Morgan fingerprint density at radius 2 is 2.00 bits per heavy atom. The summed E-state index contributed by atoms with van der Waals surface area (Å²) in [4.78, 5) is 11.8. The number of aryl methyl sites for hydroxylation is 1. The van der Waals surface area contributed by atoms with Crippen LogP contribution in [0.4, 0.5) is 4.39 Å². The van der Waals surface area contributed by atoms with Crippen LogP contribution in [0.3, 0.4) is 0 Å². The van der Waals surface area contributed by atoms with Gasteiger partial charge in [0, 0.05) is 28.8 Å². The number of rotatable bonds is 9. The topological polar surface area (TPSA) is 29.1 Å². The Morgan fingerprint density at radius 1 is 1.16 bits per heavy atom. The highest BCUT2D eigenvalue weighted by molar-refractivity contribution is 7.99. The summed E-state index contributed by atoms with van der Waals surface area (Å²) in [5.74, 6) is 2.25. The maximum absolute atomic E-state index is 13.6. The van der Waals surface area contributed by atoms with E-state index >= 15 is 0 Å². The molecule has 0 spiro atoms. The van der Waals surface area contributed by atoms with Gasteiger partial charge in [-0.25, -0.2) is 4.39 Å². The van der Waals surface area contributed by atoms with E-state index in [0.717, 1.165) is 11.5 Å². The van der Waals surface area contributed by atoms with Crippen LogP contribution in [0.2, 0.25) is 5.02 Å². The van der Waals surface area contributed by atoms with E-state index in [-0.39, 0.29) is 11.7 Å². The van der Waals surface area contributed by atoms with Crippen molar-refractivity contribution in [2.45, 2.75) is 18.4 Å². The van der Waals surface area contributed by atoms with Gasteiger partial charge in [-0.15, -0.1) is 11.8 Å². The van der Waals surface area contributed by atoms with E-state index in [1.54, 1.807) is 23.9 Å². The summed E-state index contributed by atoms with van der Waals surface area (Å²) < 4.78 is 13.6. The molecule has 0 atom stereocenters. The zero-order chi connectivity index (χ0) is 18.1. The van der Waals surface area contributed by atoms with Gasteiger partial charge in [0.2, 0.25) is 5.91 Å². The monoisotopic (exact) mass is 397 g/mol. The molecule has 0 saturated carbocycles. The van der Waals surface area contributed by atoms with Crippen molar-refractivity contribution in [3.63, 3.8) is 0 Å². The SMILES string of the molecule is Cc1cccc(CSCCNC(=O)CSCc2ccc(Cl)cc2F)c1. The fourth-order valence-electron chi connectivity index (χ4n) is 2.20. The van der Waals surface area contributed by atoms with Crippen LogP contribution < -0.4 is 5.32 Å². The Morgan fingerprint density at radius 3 is 2.76 bits per heavy atom. The summed E-state index contributed by atoms with van der Waals surface area (Å²) in [6.45, 7) is 2.73. The molecule has 1 amide bonds. The average molecular weight is 398 g/mol. The Hall–Kier alpha value is -1.17. The third-order valence-electron chi connectivity index (χ3n) is 3.43. The number of carbonyl (C=O) groups is 1. The minimum atomic E-state index is -0.326. The van der Waals surface area contributed by atoms with Crippen molar-refractivity contribution >= 4 is 41.0 Å². The molecule has 2 nitrogen and oxygen atoms in total. The Balaban J connectivity index is 1.56. The van der Waals surface area contributed by atoms with E-state index in [9.17, 15) is 9.18 Å². The molecule has 0 radical (unpaired) electrons. The summed E-state index contributed by atoms with van der Waals surface area (Å²) in [6.07, 6.45) is 0. The molecule has 2 rings (SSSR count). The van der Waals surface area contributed by atoms with Crippen molar-refractivity contribution in [3.8, 4) is 0 Å². The normalized spacial score (nSPS) is 10.7. The molecule has 1 N–H and O–H groups in total. The number of carbonyl (C=O) groups excluding carboxylic acids is 1.